The number of amides is 1. The highest BCUT2D eigenvalue weighted by Crippen LogP contribution is 2.23. The molecule has 1 fully saturated rings. The Kier molecular flexibility index (Phi) is 3.49. The first kappa shape index (κ1) is 14.2. The lowest BCUT2D eigenvalue weighted by molar-refractivity contribution is -0.128. The molecular formula is C16H17N5OS. The number of rotatable bonds is 4. The molecule has 118 valence electrons. The van der Waals surface area contributed by atoms with Gasteiger partial charge in [0, 0.05) is 19.5 Å². The Balaban J connectivity index is 1.42. The average molecular weight is 327 g/mol. The fraction of sp³-hybridized carbons (Fsp3) is 0.312. The number of hydrogen-bond donors (Lipinski definition) is 1. The minimum atomic E-state index is 0.100. The van der Waals surface area contributed by atoms with Crippen molar-refractivity contribution in [3.05, 3.63) is 47.8 Å². The van der Waals surface area contributed by atoms with Crippen LogP contribution < -0.4 is 5.32 Å². The minimum Gasteiger partial charge on any atom is -0.355 e. The molecule has 7 heteroatoms. The van der Waals surface area contributed by atoms with E-state index >= 15 is 0 Å². The van der Waals surface area contributed by atoms with Gasteiger partial charge in [0.15, 0.2) is 0 Å². The lowest BCUT2D eigenvalue weighted by atomic mass is 10.2. The SMILES string of the molecule is Cc1cn2nc(N[C@H]3CC(=O)N(Cc4ccccc4)C3)sc2n1. The number of nitrogens with zero attached hydrogens (tertiary/aromatic N) is 4. The van der Waals surface area contributed by atoms with E-state index in [0.717, 1.165) is 21.3 Å². The van der Waals surface area contributed by atoms with E-state index in [-0.39, 0.29) is 11.9 Å². The molecule has 0 spiro atoms. The molecule has 1 amide bonds. The van der Waals surface area contributed by atoms with E-state index in [9.17, 15) is 4.79 Å². The number of imidazole rings is 1. The van der Waals surface area contributed by atoms with Gasteiger partial charge in [-0.05, 0) is 12.5 Å². The summed E-state index contributed by atoms with van der Waals surface area (Å²) in [5.41, 5.74) is 2.12. The fourth-order valence-electron chi connectivity index (χ4n) is 2.87. The molecule has 1 aliphatic rings. The topological polar surface area (TPSA) is 62.5 Å². The normalized spacial score (nSPS) is 18.0. The summed E-state index contributed by atoms with van der Waals surface area (Å²) in [5, 5.41) is 8.64. The van der Waals surface area contributed by atoms with Crippen LogP contribution in [0.2, 0.25) is 0 Å². The second kappa shape index (κ2) is 5.66. The summed E-state index contributed by atoms with van der Waals surface area (Å²) in [6.07, 6.45) is 2.41. The molecule has 1 atom stereocenters. The van der Waals surface area contributed by atoms with Crippen LogP contribution in [0.3, 0.4) is 0 Å². The maximum Gasteiger partial charge on any atom is 0.225 e. The van der Waals surface area contributed by atoms with Crippen LogP contribution in [0, 0.1) is 6.92 Å². The molecule has 6 nitrogen and oxygen atoms in total. The van der Waals surface area contributed by atoms with Crippen molar-refractivity contribution >= 4 is 27.3 Å². The Morgan fingerprint density at radius 3 is 2.96 bits per heavy atom. The van der Waals surface area contributed by atoms with Gasteiger partial charge in [0.1, 0.15) is 0 Å². The monoisotopic (exact) mass is 327 g/mol. The first-order valence-corrected chi connectivity index (χ1v) is 8.40. The molecule has 3 heterocycles. The predicted molar refractivity (Wildman–Crippen MR) is 89.5 cm³/mol. The third kappa shape index (κ3) is 2.92. The molecule has 0 saturated carbocycles. The van der Waals surface area contributed by atoms with Crippen molar-refractivity contribution in [2.24, 2.45) is 0 Å². The van der Waals surface area contributed by atoms with E-state index in [2.05, 4.69) is 15.4 Å². The van der Waals surface area contributed by atoms with E-state index < -0.39 is 0 Å². The highest BCUT2D eigenvalue weighted by molar-refractivity contribution is 7.20. The van der Waals surface area contributed by atoms with Crippen LogP contribution in [0.4, 0.5) is 5.13 Å². The van der Waals surface area contributed by atoms with Crippen LogP contribution in [0.25, 0.3) is 4.96 Å². The summed E-state index contributed by atoms with van der Waals surface area (Å²) < 4.78 is 1.78. The number of carbonyl (C=O) groups is 1. The molecule has 3 aromatic rings. The summed E-state index contributed by atoms with van der Waals surface area (Å²) in [7, 11) is 0. The first-order chi connectivity index (χ1) is 11.2. The van der Waals surface area contributed by atoms with Crippen molar-refractivity contribution in [3.63, 3.8) is 0 Å². The van der Waals surface area contributed by atoms with E-state index in [1.807, 2.05) is 48.4 Å². The van der Waals surface area contributed by atoms with Crippen LogP contribution in [-0.4, -0.2) is 38.0 Å². The summed E-state index contributed by atoms with van der Waals surface area (Å²) >= 11 is 1.51. The lowest BCUT2D eigenvalue weighted by Gasteiger charge is -2.16. The lowest BCUT2D eigenvalue weighted by Crippen LogP contribution is -2.27. The zero-order valence-electron chi connectivity index (χ0n) is 12.8. The molecule has 0 aliphatic carbocycles. The summed E-state index contributed by atoms with van der Waals surface area (Å²) in [6.45, 7) is 3.32. The molecule has 0 unspecified atom stereocenters. The number of aryl methyl sites for hydroxylation is 1. The Morgan fingerprint density at radius 1 is 1.35 bits per heavy atom. The Labute approximate surface area is 137 Å². The highest BCUT2D eigenvalue weighted by Gasteiger charge is 2.30. The first-order valence-electron chi connectivity index (χ1n) is 7.58. The van der Waals surface area contributed by atoms with Crippen molar-refractivity contribution in [1.82, 2.24) is 19.5 Å². The molecule has 2 aromatic heterocycles. The number of likely N-dealkylation sites (tertiary alicyclic amines) is 1. The third-order valence-electron chi connectivity index (χ3n) is 3.92. The summed E-state index contributed by atoms with van der Waals surface area (Å²) in [4.78, 5) is 19.4. The number of benzene rings is 1. The second-order valence-corrected chi connectivity index (χ2v) is 6.78. The molecule has 0 radical (unpaired) electrons. The van der Waals surface area contributed by atoms with E-state index in [0.29, 0.717) is 19.5 Å². The molecule has 23 heavy (non-hydrogen) atoms. The maximum absolute atomic E-state index is 12.2. The van der Waals surface area contributed by atoms with Crippen LogP contribution in [0.15, 0.2) is 36.5 Å². The van der Waals surface area contributed by atoms with Crippen molar-refractivity contribution in [2.45, 2.75) is 25.9 Å². The Morgan fingerprint density at radius 2 is 2.17 bits per heavy atom. The van der Waals surface area contributed by atoms with Crippen LogP contribution in [0.1, 0.15) is 17.7 Å². The summed E-state index contributed by atoms with van der Waals surface area (Å²) in [5.74, 6) is 0.184. The number of carbonyl (C=O) groups excluding carboxylic acids is 1. The highest BCUT2D eigenvalue weighted by atomic mass is 32.1. The quantitative estimate of drug-likeness (QED) is 0.799. The van der Waals surface area contributed by atoms with Gasteiger partial charge in [0.05, 0.1) is 17.9 Å². The van der Waals surface area contributed by atoms with Crippen LogP contribution >= 0.6 is 11.3 Å². The number of fused-ring (bicyclic) bond motifs is 1. The van der Waals surface area contributed by atoms with Crippen molar-refractivity contribution in [1.29, 1.82) is 0 Å². The number of nitrogens with one attached hydrogen (secondary N) is 1. The molecule has 1 N–H and O–H groups in total. The smallest absolute Gasteiger partial charge is 0.225 e. The minimum absolute atomic E-state index is 0.100. The van der Waals surface area contributed by atoms with Gasteiger partial charge in [-0.2, -0.15) is 0 Å². The summed E-state index contributed by atoms with van der Waals surface area (Å²) in [6, 6.07) is 10.2. The van der Waals surface area contributed by atoms with E-state index in [4.69, 9.17) is 0 Å². The van der Waals surface area contributed by atoms with Crippen molar-refractivity contribution < 1.29 is 4.79 Å². The standard InChI is InChI=1S/C16H17N5OS/c1-11-8-21-16(17-11)23-15(19-21)18-13-7-14(22)20(10-13)9-12-5-3-2-4-6-12/h2-6,8,13H,7,9-10H2,1H3,(H,18,19)/t13-/m0/s1. The maximum atomic E-state index is 12.2. The molecule has 1 aromatic carbocycles. The Bertz CT molecular complexity index is 809. The van der Waals surface area contributed by atoms with Gasteiger partial charge in [-0.3, -0.25) is 4.79 Å². The average Bonchev–Trinajstić information content (AvgIpc) is 3.14. The predicted octanol–water partition coefficient (Wildman–Crippen LogP) is 2.31. The zero-order chi connectivity index (χ0) is 15.8. The molecule has 1 aliphatic heterocycles. The van der Waals surface area contributed by atoms with Gasteiger partial charge in [0.2, 0.25) is 16.0 Å². The van der Waals surface area contributed by atoms with Gasteiger partial charge in [-0.1, -0.05) is 41.7 Å². The second-order valence-electron chi connectivity index (χ2n) is 5.82. The van der Waals surface area contributed by atoms with Crippen molar-refractivity contribution in [2.75, 3.05) is 11.9 Å². The number of aromatic nitrogens is 3. The van der Waals surface area contributed by atoms with Crippen LogP contribution in [-0.2, 0) is 11.3 Å². The van der Waals surface area contributed by atoms with Gasteiger partial charge in [-0.15, -0.1) is 5.10 Å². The van der Waals surface area contributed by atoms with Gasteiger partial charge < -0.3 is 10.2 Å². The van der Waals surface area contributed by atoms with Gasteiger partial charge >= 0.3 is 0 Å². The largest absolute Gasteiger partial charge is 0.355 e. The van der Waals surface area contributed by atoms with E-state index in [1.54, 1.807) is 4.52 Å². The third-order valence-corrected chi connectivity index (χ3v) is 4.78. The van der Waals surface area contributed by atoms with Gasteiger partial charge in [-0.25, -0.2) is 9.50 Å². The van der Waals surface area contributed by atoms with Crippen molar-refractivity contribution in [3.8, 4) is 0 Å². The molecular weight excluding hydrogens is 310 g/mol. The van der Waals surface area contributed by atoms with Crippen LogP contribution in [0.5, 0.6) is 0 Å². The fourth-order valence-corrected chi connectivity index (χ4v) is 3.77. The molecule has 1 saturated heterocycles. The number of hydrogen-bond acceptors (Lipinski definition) is 5. The number of anilines is 1. The molecule has 0 bridgehead atoms. The van der Waals surface area contributed by atoms with Gasteiger partial charge in [0.25, 0.3) is 0 Å². The molecule has 4 rings (SSSR count). The Hall–Kier alpha value is -2.41. The zero-order valence-corrected chi connectivity index (χ0v) is 13.6. The van der Waals surface area contributed by atoms with E-state index in [1.165, 1.54) is 11.3 Å².